The number of furan rings is 1. The zero-order valence-corrected chi connectivity index (χ0v) is 5.79. The van der Waals surface area contributed by atoms with Gasteiger partial charge in [-0.3, -0.25) is 0 Å². The summed E-state index contributed by atoms with van der Waals surface area (Å²) in [6.45, 7) is 0. The van der Waals surface area contributed by atoms with Crippen molar-refractivity contribution in [2.75, 3.05) is 0 Å². The van der Waals surface area contributed by atoms with Crippen molar-refractivity contribution in [3.63, 3.8) is 0 Å². The van der Waals surface area contributed by atoms with E-state index in [4.69, 9.17) is 10.2 Å². The Morgan fingerprint density at radius 1 is 1.60 bits per heavy atom. The minimum Gasteiger partial charge on any atom is -0.468 e. The van der Waals surface area contributed by atoms with E-state index in [0.29, 0.717) is 5.92 Å². The zero-order valence-electron chi connectivity index (χ0n) is 5.79. The van der Waals surface area contributed by atoms with Gasteiger partial charge in [-0.15, -0.1) is 0 Å². The average molecular weight is 137 g/mol. The van der Waals surface area contributed by atoms with Crippen molar-refractivity contribution in [1.82, 2.24) is 0 Å². The van der Waals surface area contributed by atoms with Gasteiger partial charge in [0.05, 0.1) is 12.3 Å². The van der Waals surface area contributed by atoms with E-state index >= 15 is 0 Å². The van der Waals surface area contributed by atoms with Crippen LogP contribution in [0.4, 0.5) is 0 Å². The molecule has 0 saturated heterocycles. The molecule has 10 heavy (non-hydrogen) atoms. The predicted molar refractivity (Wildman–Crippen MR) is 38.4 cm³/mol. The van der Waals surface area contributed by atoms with Crippen molar-refractivity contribution in [3.05, 3.63) is 24.2 Å². The summed E-state index contributed by atoms with van der Waals surface area (Å²) in [6, 6.07) is 3.98. The Morgan fingerprint density at radius 2 is 2.40 bits per heavy atom. The summed E-state index contributed by atoms with van der Waals surface area (Å²) >= 11 is 0. The predicted octanol–water partition coefficient (Wildman–Crippen LogP) is 1.69. The maximum Gasteiger partial charge on any atom is 0.120 e. The quantitative estimate of drug-likeness (QED) is 0.673. The fraction of sp³-hybridized carbons (Fsp3) is 0.500. The van der Waals surface area contributed by atoms with Gasteiger partial charge in [-0.2, -0.15) is 0 Å². The molecule has 0 aromatic carbocycles. The van der Waals surface area contributed by atoms with Gasteiger partial charge >= 0.3 is 0 Å². The summed E-state index contributed by atoms with van der Waals surface area (Å²) in [5, 5.41) is 0. The first-order valence-electron chi connectivity index (χ1n) is 3.67. The highest BCUT2D eigenvalue weighted by Gasteiger charge is 2.30. The summed E-state index contributed by atoms with van der Waals surface area (Å²) in [7, 11) is 0. The van der Waals surface area contributed by atoms with Crippen molar-refractivity contribution in [3.8, 4) is 0 Å². The molecule has 0 radical (unpaired) electrons. The van der Waals surface area contributed by atoms with E-state index in [1.807, 2.05) is 12.1 Å². The van der Waals surface area contributed by atoms with Crippen LogP contribution in [-0.4, -0.2) is 0 Å². The Bertz CT molecular complexity index is 201. The van der Waals surface area contributed by atoms with Crippen molar-refractivity contribution in [2.24, 2.45) is 11.7 Å². The van der Waals surface area contributed by atoms with E-state index in [1.54, 1.807) is 6.26 Å². The Hall–Kier alpha value is -0.760. The number of hydrogen-bond acceptors (Lipinski definition) is 2. The average Bonchev–Trinajstić information content (AvgIpc) is 2.65. The van der Waals surface area contributed by atoms with Gasteiger partial charge in [-0.25, -0.2) is 0 Å². The molecular formula is C8H11NO. The number of nitrogens with two attached hydrogens (primary N) is 1. The molecule has 2 nitrogen and oxygen atoms in total. The lowest BCUT2D eigenvalue weighted by Gasteiger charge is -2.04. The van der Waals surface area contributed by atoms with Crippen molar-refractivity contribution >= 4 is 0 Å². The molecule has 1 heterocycles. The Morgan fingerprint density at radius 3 is 2.90 bits per heavy atom. The van der Waals surface area contributed by atoms with Gasteiger partial charge in [0.2, 0.25) is 0 Å². The minimum atomic E-state index is 0.148. The van der Waals surface area contributed by atoms with Gasteiger partial charge in [0, 0.05) is 0 Å². The second-order valence-corrected chi connectivity index (χ2v) is 2.88. The maximum absolute atomic E-state index is 5.85. The van der Waals surface area contributed by atoms with Gasteiger partial charge < -0.3 is 10.2 Å². The Balaban J connectivity index is 2.11. The molecule has 54 valence electrons. The smallest absolute Gasteiger partial charge is 0.120 e. The normalized spacial score (nSPS) is 20.9. The van der Waals surface area contributed by atoms with Gasteiger partial charge in [-0.1, -0.05) is 0 Å². The first-order valence-corrected chi connectivity index (χ1v) is 3.67. The molecule has 1 aliphatic rings. The molecule has 1 atom stereocenters. The third kappa shape index (κ3) is 0.948. The lowest BCUT2D eigenvalue weighted by atomic mass is 10.1. The Kier molecular flexibility index (Phi) is 1.27. The second-order valence-electron chi connectivity index (χ2n) is 2.88. The summed E-state index contributed by atoms with van der Waals surface area (Å²) < 4.78 is 5.17. The first-order chi connectivity index (χ1) is 4.88. The molecule has 2 heteroatoms. The molecule has 0 bridgehead atoms. The molecule has 2 rings (SSSR count). The molecule has 2 N–H and O–H groups in total. The molecule has 1 fully saturated rings. The van der Waals surface area contributed by atoms with Crippen LogP contribution in [0.3, 0.4) is 0 Å². The highest BCUT2D eigenvalue weighted by molar-refractivity contribution is 5.07. The molecule has 1 unspecified atom stereocenters. The lowest BCUT2D eigenvalue weighted by molar-refractivity contribution is 0.443. The molecule has 0 spiro atoms. The van der Waals surface area contributed by atoms with Crippen LogP contribution < -0.4 is 5.73 Å². The number of rotatable bonds is 2. The second kappa shape index (κ2) is 2.13. The van der Waals surface area contributed by atoms with Crippen LogP contribution in [0.5, 0.6) is 0 Å². The molecule has 0 amide bonds. The van der Waals surface area contributed by atoms with E-state index in [0.717, 1.165) is 5.76 Å². The van der Waals surface area contributed by atoms with Crippen LogP contribution >= 0.6 is 0 Å². The SMILES string of the molecule is NC(c1ccco1)C1CC1. The Labute approximate surface area is 60.0 Å². The van der Waals surface area contributed by atoms with Gasteiger partial charge in [0.25, 0.3) is 0 Å². The van der Waals surface area contributed by atoms with E-state index in [2.05, 4.69) is 0 Å². The highest BCUT2D eigenvalue weighted by Crippen LogP contribution is 2.39. The fourth-order valence-corrected chi connectivity index (χ4v) is 1.17. The van der Waals surface area contributed by atoms with E-state index in [-0.39, 0.29) is 6.04 Å². The van der Waals surface area contributed by atoms with Crippen molar-refractivity contribution < 1.29 is 4.42 Å². The third-order valence-electron chi connectivity index (χ3n) is 2.00. The van der Waals surface area contributed by atoms with Crippen LogP contribution in [-0.2, 0) is 0 Å². The highest BCUT2D eigenvalue weighted by atomic mass is 16.3. The van der Waals surface area contributed by atoms with Crippen molar-refractivity contribution in [2.45, 2.75) is 18.9 Å². The largest absolute Gasteiger partial charge is 0.468 e. The van der Waals surface area contributed by atoms with Crippen molar-refractivity contribution in [1.29, 1.82) is 0 Å². The fourth-order valence-electron chi connectivity index (χ4n) is 1.17. The van der Waals surface area contributed by atoms with E-state index in [1.165, 1.54) is 12.8 Å². The summed E-state index contributed by atoms with van der Waals surface area (Å²) in [5.41, 5.74) is 5.85. The maximum atomic E-state index is 5.85. The summed E-state index contributed by atoms with van der Waals surface area (Å²) in [4.78, 5) is 0. The molecule has 1 aromatic heterocycles. The molecule has 1 aromatic rings. The summed E-state index contributed by atoms with van der Waals surface area (Å²) in [5.74, 6) is 1.62. The first kappa shape index (κ1) is 5.98. The third-order valence-corrected chi connectivity index (χ3v) is 2.00. The zero-order chi connectivity index (χ0) is 6.97. The number of hydrogen-bond donors (Lipinski definition) is 1. The van der Waals surface area contributed by atoms with Gasteiger partial charge in [0.1, 0.15) is 5.76 Å². The summed E-state index contributed by atoms with van der Waals surface area (Å²) in [6.07, 6.45) is 4.21. The standard InChI is InChI=1S/C8H11NO/c9-8(6-3-4-6)7-2-1-5-10-7/h1-2,5-6,8H,3-4,9H2. The van der Waals surface area contributed by atoms with Crippen LogP contribution in [0.1, 0.15) is 24.6 Å². The van der Waals surface area contributed by atoms with E-state index in [9.17, 15) is 0 Å². The van der Waals surface area contributed by atoms with Crippen LogP contribution in [0.15, 0.2) is 22.8 Å². The topological polar surface area (TPSA) is 39.2 Å². The van der Waals surface area contributed by atoms with Gasteiger partial charge in [-0.05, 0) is 30.9 Å². The molecule has 0 aliphatic heterocycles. The van der Waals surface area contributed by atoms with Gasteiger partial charge in [0.15, 0.2) is 0 Å². The van der Waals surface area contributed by atoms with Crippen LogP contribution in [0.2, 0.25) is 0 Å². The molecule has 1 aliphatic carbocycles. The van der Waals surface area contributed by atoms with Crippen LogP contribution in [0.25, 0.3) is 0 Å². The minimum absolute atomic E-state index is 0.148. The lowest BCUT2D eigenvalue weighted by Crippen LogP contribution is -2.10. The molecule has 1 saturated carbocycles. The monoisotopic (exact) mass is 137 g/mol. The molecular weight excluding hydrogens is 126 g/mol. The van der Waals surface area contributed by atoms with Crippen LogP contribution in [0, 0.1) is 5.92 Å². The van der Waals surface area contributed by atoms with E-state index < -0.39 is 0 Å².